The molecular formula is C20H20N4O2. The fourth-order valence-electron chi connectivity index (χ4n) is 2.75. The van der Waals surface area contributed by atoms with Crippen LogP contribution in [0.2, 0.25) is 0 Å². The van der Waals surface area contributed by atoms with E-state index >= 15 is 0 Å². The highest BCUT2D eigenvalue weighted by Crippen LogP contribution is 2.17. The molecule has 0 unspecified atom stereocenters. The zero-order valence-corrected chi connectivity index (χ0v) is 14.6. The molecule has 0 saturated heterocycles. The smallest absolute Gasteiger partial charge is 0.252 e. The van der Waals surface area contributed by atoms with Crippen LogP contribution in [0.5, 0.6) is 0 Å². The SMILES string of the molecule is Cc1ccc(C(=O)N[C@@H](C(=O)Nc2ccn[nH]2)c2ccccc2)c(C)c1. The maximum atomic E-state index is 12.8. The number of aromatic nitrogens is 2. The summed E-state index contributed by atoms with van der Waals surface area (Å²) >= 11 is 0. The van der Waals surface area contributed by atoms with Crippen LogP contribution in [-0.4, -0.2) is 22.0 Å². The third kappa shape index (κ3) is 3.97. The molecule has 0 saturated carbocycles. The van der Waals surface area contributed by atoms with Gasteiger partial charge in [-0.2, -0.15) is 5.10 Å². The van der Waals surface area contributed by atoms with Crippen molar-refractivity contribution in [2.75, 3.05) is 5.32 Å². The van der Waals surface area contributed by atoms with Crippen molar-refractivity contribution in [3.63, 3.8) is 0 Å². The second-order valence-electron chi connectivity index (χ2n) is 6.10. The number of nitrogens with zero attached hydrogens (tertiary/aromatic N) is 1. The number of aryl methyl sites for hydroxylation is 2. The number of H-pyrrole nitrogens is 1. The van der Waals surface area contributed by atoms with Crippen LogP contribution >= 0.6 is 0 Å². The average Bonchev–Trinajstić information content (AvgIpc) is 3.13. The highest BCUT2D eigenvalue weighted by molar-refractivity contribution is 6.01. The first-order valence-corrected chi connectivity index (χ1v) is 8.28. The van der Waals surface area contributed by atoms with Crippen LogP contribution in [-0.2, 0) is 4.79 Å². The Hall–Kier alpha value is -3.41. The number of hydrogen-bond donors (Lipinski definition) is 3. The molecule has 6 nitrogen and oxygen atoms in total. The van der Waals surface area contributed by atoms with E-state index in [-0.39, 0.29) is 11.8 Å². The van der Waals surface area contributed by atoms with Gasteiger partial charge in [-0.15, -0.1) is 0 Å². The lowest BCUT2D eigenvalue weighted by atomic mass is 10.0. The second kappa shape index (κ2) is 7.65. The van der Waals surface area contributed by atoms with Crippen molar-refractivity contribution < 1.29 is 9.59 Å². The molecule has 0 fully saturated rings. The Morgan fingerprint density at radius 3 is 2.46 bits per heavy atom. The summed E-state index contributed by atoms with van der Waals surface area (Å²) in [6.45, 7) is 3.85. The van der Waals surface area contributed by atoms with Gasteiger partial charge in [-0.3, -0.25) is 14.7 Å². The van der Waals surface area contributed by atoms with Crippen LogP contribution in [0.15, 0.2) is 60.8 Å². The topological polar surface area (TPSA) is 86.9 Å². The Morgan fingerprint density at radius 1 is 1.04 bits per heavy atom. The maximum Gasteiger partial charge on any atom is 0.252 e. The van der Waals surface area contributed by atoms with Crippen LogP contribution < -0.4 is 10.6 Å². The fraction of sp³-hybridized carbons (Fsp3) is 0.150. The van der Waals surface area contributed by atoms with E-state index in [1.165, 1.54) is 0 Å². The highest BCUT2D eigenvalue weighted by atomic mass is 16.2. The van der Waals surface area contributed by atoms with Gasteiger partial charge < -0.3 is 10.6 Å². The van der Waals surface area contributed by atoms with E-state index in [0.29, 0.717) is 16.9 Å². The van der Waals surface area contributed by atoms with Gasteiger partial charge in [0.25, 0.3) is 11.8 Å². The van der Waals surface area contributed by atoms with Crippen LogP contribution in [0.1, 0.15) is 33.1 Å². The van der Waals surface area contributed by atoms with Gasteiger partial charge in [-0.25, -0.2) is 0 Å². The molecule has 0 aliphatic heterocycles. The Balaban J connectivity index is 1.86. The maximum absolute atomic E-state index is 12.8. The molecule has 3 aromatic rings. The lowest BCUT2D eigenvalue weighted by Crippen LogP contribution is -2.37. The molecule has 3 N–H and O–H groups in total. The lowest BCUT2D eigenvalue weighted by Gasteiger charge is -2.19. The van der Waals surface area contributed by atoms with E-state index in [4.69, 9.17) is 0 Å². The largest absolute Gasteiger partial charge is 0.336 e. The molecule has 3 rings (SSSR count). The van der Waals surface area contributed by atoms with E-state index in [9.17, 15) is 9.59 Å². The lowest BCUT2D eigenvalue weighted by molar-refractivity contribution is -0.118. The van der Waals surface area contributed by atoms with Crippen LogP contribution in [0.4, 0.5) is 5.82 Å². The summed E-state index contributed by atoms with van der Waals surface area (Å²) in [5, 5.41) is 12.1. The Labute approximate surface area is 151 Å². The number of amides is 2. The number of carbonyl (C=O) groups is 2. The summed E-state index contributed by atoms with van der Waals surface area (Å²) in [7, 11) is 0. The van der Waals surface area contributed by atoms with Gasteiger partial charge in [0, 0.05) is 11.6 Å². The van der Waals surface area contributed by atoms with Crippen molar-refractivity contribution in [1.29, 1.82) is 0 Å². The van der Waals surface area contributed by atoms with Crippen molar-refractivity contribution in [3.05, 3.63) is 83.0 Å². The summed E-state index contributed by atoms with van der Waals surface area (Å²) < 4.78 is 0. The first-order valence-electron chi connectivity index (χ1n) is 8.28. The molecule has 26 heavy (non-hydrogen) atoms. The van der Waals surface area contributed by atoms with Gasteiger partial charge in [0.15, 0.2) is 0 Å². The number of hydrogen-bond acceptors (Lipinski definition) is 3. The van der Waals surface area contributed by atoms with E-state index in [1.54, 1.807) is 30.5 Å². The predicted octanol–water partition coefficient (Wildman–Crippen LogP) is 3.14. The fourth-order valence-corrected chi connectivity index (χ4v) is 2.75. The molecule has 0 bridgehead atoms. The van der Waals surface area contributed by atoms with Crippen molar-refractivity contribution >= 4 is 17.6 Å². The molecule has 0 radical (unpaired) electrons. The number of benzene rings is 2. The normalized spacial score (nSPS) is 11.6. The van der Waals surface area contributed by atoms with E-state index in [0.717, 1.165) is 11.1 Å². The van der Waals surface area contributed by atoms with Crippen molar-refractivity contribution in [2.45, 2.75) is 19.9 Å². The minimum absolute atomic E-state index is 0.295. The number of carbonyl (C=O) groups excluding carboxylic acids is 2. The van der Waals surface area contributed by atoms with E-state index in [1.807, 2.05) is 44.2 Å². The highest BCUT2D eigenvalue weighted by Gasteiger charge is 2.24. The Morgan fingerprint density at radius 2 is 1.81 bits per heavy atom. The average molecular weight is 348 g/mol. The van der Waals surface area contributed by atoms with Crippen molar-refractivity contribution in [3.8, 4) is 0 Å². The number of rotatable bonds is 5. The molecule has 0 aliphatic carbocycles. The standard InChI is InChI=1S/C20H20N4O2/c1-13-8-9-16(14(2)12-13)19(25)23-18(15-6-4-3-5-7-15)20(26)22-17-10-11-21-24-17/h3-12,18H,1-2H3,(H,23,25)(H2,21,22,24,26)/t18-/m1/s1. The Bertz CT molecular complexity index is 905. The number of aromatic amines is 1. The first-order chi connectivity index (χ1) is 12.5. The molecule has 2 amide bonds. The molecule has 6 heteroatoms. The van der Waals surface area contributed by atoms with E-state index in [2.05, 4.69) is 20.8 Å². The zero-order valence-electron chi connectivity index (χ0n) is 14.6. The van der Waals surface area contributed by atoms with Crippen LogP contribution in [0.3, 0.4) is 0 Å². The van der Waals surface area contributed by atoms with Crippen molar-refractivity contribution in [1.82, 2.24) is 15.5 Å². The second-order valence-corrected chi connectivity index (χ2v) is 6.10. The molecule has 0 aliphatic rings. The first kappa shape index (κ1) is 17.4. The number of anilines is 1. The molecule has 1 aromatic heterocycles. The molecule has 132 valence electrons. The quantitative estimate of drug-likeness (QED) is 0.662. The third-order valence-corrected chi connectivity index (χ3v) is 4.06. The van der Waals surface area contributed by atoms with Gasteiger partial charge in [-0.1, -0.05) is 48.0 Å². The zero-order chi connectivity index (χ0) is 18.5. The summed E-state index contributed by atoms with van der Waals surface area (Å²) in [6.07, 6.45) is 1.54. The third-order valence-electron chi connectivity index (χ3n) is 4.06. The predicted molar refractivity (Wildman–Crippen MR) is 99.8 cm³/mol. The monoisotopic (exact) mass is 348 g/mol. The summed E-state index contributed by atoms with van der Waals surface area (Å²) in [5.41, 5.74) is 3.19. The van der Waals surface area contributed by atoms with E-state index < -0.39 is 6.04 Å². The van der Waals surface area contributed by atoms with Gasteiger partial charge >= 0.3 is 0 Å². The van der Waals surface area contributed by atoms with Gasteiger partial charge in [0.1, 0.15) is 11.9 Å². The van der Waals surface area contributed by atoms with Crippen molar-refractivity contribution in [2.24, 2.45) is 0 Å². The minimum atomic E-state index is -0.826. The molecule has 1 atom stereocenters. The minimum Gasteiger partial charge on any atom is -0.336 e. The molecule has 1 heterocycles. The molecule has 2 aromatic carbocycles. The van der Waals surface area contributed by atoms with Gasteiger partial charge in [-0.05, 0) is 31.0 Å². The number of nitrogens with one attached hydrogen (secondary N) is 3. The van der Waals surface area contributed by atoms with Crippen LogP contribution in [0, 0.1) is 13.8 Å². The summed E-state index contributed by atoms with van der Waals surface area (Å²) in [4.78, 5) is 25.5. The van der Waals surface area contributed by atoms with Gasteiger partial charge in [0.05, 0.1) is 6.20 Å². The summed E-state index contributed by atoms with van der Waals surface area (Å²) in [6, 6.07) is 15.5. The van der Waals surface area contributed by atoms with Crippen LogP contribution in [0.25, 0.3) is 0 Å². The Kier molecular flexibility index (Phi) is 5.12. The molecular weight excluding hydrogens is 328 g/mol. The molecule has 0 spiro atoms. The summed E-state index contributed by atoms with van der Waals surface area (Å²) in [5.74, 6) is -0.175. The van der Waals surface area contributed by atoms with Gasteiger partial charge in [0.2, 0.25) is 0 Å².